The zero-order valence-electron chi connectivity index (χ0n) is 14.4. The molecule has 1 aromatic rings. The third-order valence-corrected chi connectivity index (χ3v) is 7.07. The van der Waals surface area contributed by atoms with Crippen molar-refractivity contribution in [1.82, 2.24) is 5.32 Å². The van der Waals surface area contributed by atoms with Crippen LogP contribution >= 0.6 is 0 Å². The lowest BCUT2D eigenvalue weighted by atomic mass is 9.69. The number of benzene rings is 1. The highest BCUT2D eigenvalue weighted by atomic mass is 15.0. The summed E-state index contributed by atoms with van der Waals surface area (Å²) in [6, 6.07) is 10.1. The Morgan fingerprint density at radius 2 is 1.95 bits per heavy atom. The first-order valence-electron chi connectivity index (χ1n) is 8.65. The van der Waals surface area contributed by atoms with Crippen LogP contribution in [0.25, 0.3) is 0 Å². The first kappa shape index (κ1) is 15.1. The minimum Gasteiger partial charge on any atom is -0.311 e. The maximum Gasteiger partial charge on any atom is 0.0131 e. The normalized spacial score (nSPS) is 35.1. The molecule has 0 spiro atoms. The standard InChI is InChI=1S/C20H31N/c1-14-8-6-7-9-16(14)12-15(2)21-18-13-17-10-11-20(18,5)19(17,3)4/h6-9,15,17-18,21H,10-13H2,1-5H3. The molecule has 21 heavy (non-hydrogen) atoms. The summed E-state index contributed by atoms with van der Waals surface area (Å²) in [6.45, 7) is 12.1. The van der Waals surface area contributed by atoms with Gasteiger partial charge in [-0.2, -0.15) is 0 Å². The predicted molar refractivity (Wildman–Crippen MR) is 90.5 cm³/mol. The summed E-state index contributed by atoms with van der Waals surface area (Å²) in [5, 5.41) is 3.98. The summed E-state index contributed by atoms with van der Waals surface area (Å²) in [6.07, 6.45) is 5.36. The van der Waals surface area contributed by atoms with Crippen molar-refractivity contribution in [3.63, 3.8) is 0 Å². The summed E-state index contributed by atoms with van der Waals surface area (Å²) < 4.78 is 0. The summed E-state index contributed by atoms with van der Waals surface area (Å²) in [5.41, 5.74) is 3.90. The van der Waals surface area contributed by atoms with Gasteiger partial charge in [0.15, 0.2) is 0 Å². The number of rotatable bonds is 4. The van der Waals surface area contributed by atoms with E-state index in [1.165, 1.54) is 30.4 Å². The van der Waals surface area contributed by atoms with Gasteiger partial charge in [-0.25, -0.2) is 0 Å². The van der Waals surface area contributed by atoms with E-state index in [-0.39, 0.29) is 0 Å². The van der Waals surface area contributed by atoms with Crippen LogP contribution in [0.3, 0.4) is 0 Å². The minimum atomic E-state index is 0.484. The molecule has 1 heteroatoms. The van der Waals surface area contributed by atoms with E-state index >= 15 is 0 Å². The second kappa shape index (κ2) is 5.12. The lowest BCUT2D eigenvalue weighted by molar-refractivity contribution is 0.116. The van der Waals surface area contributed by atoms with Crippen LogP contribution in [0.15, 0.2) is 24.3 Å². The molecule has 0 amide bonds. The van der Waals surface area contributed by atoms with Gasteiger partial charge in [0.2, 0.25) is 0 Å². The van der Waals surface area contributed by atoms with Gasteiger partial charge in [0.25, 0.3) is 0 Å². The third kappa shape index (κ3) is 2.34. The van der Waals surface area contributed by atoms with Crippen LogP contribution < -0.4 is 5.32 Å². The number of hydrogen-bond acceptors (Lipinski definition) is 1. The average molecular weight is 285 g/mol. The largest absolute Gasteiger partial charge is 0.311 e. The molecule has 4 atom stereocenters. The van der Waals surface area contributed by atoms with Gasteiger partial charge in [-0.05, 0) is 67.4 Å². The zero-order chi connectivity index (χ0) is 15.3. The summed E-state index contributed by atoms with van der Waals surface area (Å²) in [5.74, 6) is 0.922. The van der Waals surface area contributed by atoms with E-state index in [4.69, 9.17) is 0 Å². The Labute approximate surface area is 130 Å². The molecule has 3 rings (SSSR count). The smallest absolute Gasteiger partial charge is 0.0131 e. The van der Waals surface area contributed by atoms with Gasteiger partial charge in [0, 0.05) is 12.1 Å². The van der Waals surface area contributed by atoms with Gasteiger partial charge in [-0.1, -0.05) is 45.0 Å². The number of hydrogen-bond donors (Lipinski definition) is 1. The zero-order valence-corrected chi connectivity index (χ0v) is 14.4. The summed E-state index contributed by atoms with van der Waals surface area (Å²) >= 11 is 0. The monoisotopic (exact) mass is 285 g/mol. The van der Waals surface area contributed by atoms with Crippen molar-refractivity contribution in [2.45, 2.75) is 72.4 Å². The van der Waals surface area contributed by atoms with Crippen molar-refractivity contribution in [1.29, 1.82) is 0 Å². The molecule has 2 bridgehead atoms. The molecule has 116 valence electrons. The molecule has 2 saturated carbocycles. The van der Waals surface area contributed by atoms with Crippen LogP contribution in [0, 0.1) is 23.7 Å². The quantitative estimate of drug-likeness (QED) is 0.843. The Morgan fingerprint density at radius 1 is 1.24 bits per heavy atom. The van der Waals surface area contributed by atoms with E-state index in [1.54, 1.807) is 0 Å². The van der Waals surface area contributed by atoms with Gasteiger partial charge in [-0.15, -0.1) is 0 Å². The van der Waals surface area contributed by atoms with Crippen molar-refractivity contribution in [3.8, 4) is 0 Å². The number of fused-ring (bicyclic) bond motifs is 2. The van der Waals surface area contributed by atoms with Gasteiger partial charge in [0.05, 0.1) is 0 Å². The van der Waals surface area contributed by atoms with Crippen LogP contribution in [0.1, 0.15) is 58.1 Å². The highest BCUT2D eigenvalue weighted by Crippen LogP contribution is 2.65. The van der Waals surface area contributed by atoms with Gasteiger partial charge >= 0.3 is 0 Å². The topological polar surface area (TPSA) is 12.0 Å². The lowest BCUT2D eigenvalue weighted by Gasteiger charge is -2.41. The maximum atomic E-state index is 3.98. The van der Waals surface area contributed by atoms with E-state index in [0.717, 1.165) is 12.3 Å². The molecule has 4 unspecified atom stereocenters. The molecule has 0 saturated heterocycles. The second-order valence-corrected chi connectivity index (χ2v) is 8.36. The Balaban J connectivity index is 1.67. The van der Waals surface area contributed by atoms with Gasteiger partial charge in [0.1, 0.15) is 0 Å². The van der Waals surface area contributed by atoms with E-state index in [1.807, 2.05) is 0 Å². The highest BCUT2D eigenvalue weighted by molar-refractivity contribution is 5.26. The molecular formula is C20H31N. The van der Waals surface area contributed by atoms with Crippen molar-refractivity contribution in [2.24, 2.45) is 16.7 Å². The molecule has 2 aliphatic carbocycles. The van der Waals surface area contributed by atoms with Crippen LogP contribution in [0.4, 0.5) is 0 Å². The summed E-state index contributed by atoms with van der Waals surface area (Å²) in [4.78, 5) is 0. The van der Waals surface area contributed by atoms with Crippen LogP contribution in [-0.2, 0) is 6.42 Å². The number of aryl methyl sites for hydroxylation is 1. The molecule has 0 aromatic heterocycles. The molecule has 0 aliphatic heterocycles. The first-order valence-corrected chi connectivity index (χ1v) is 8.65. The van der Waals surface area contributed by atoms with Crippen LogP contribution in [0.5, 0.6) is 0 Å². The molecule has 0 radical (unpaired) electrons. The third-order valence-electron chi connectivity index (χ3n) is 7.07. The Bertz CT molecular complexity index is 518. The lowest BCUT2D eigenvalue weighted by Crippen LogP contribution is -2.48. The molecule has 1 nitrogen and oxygen atoms in total. The van der Waals surface area contributed by atoms with E-state index < -0.39 is 0 Å². The Hall–Kier alpha value is -0.820. The van der Waals surface area contributed by atoms with E-state index in [9.17, 15) is 0 Å². The van der Waals surface area contributed by atoms with E-state index in [2.05, 4.69) is 64.2 Å². The second-order valence-electron chi connectivity index (χ2n) is 8.36. The van der Waals surface area contributed by atoms with Crippen molar-refractivity contribution in [2.75, 3.05) is 0 Å². The Morgan fingerprint density at radius 3 is 2.52 bits per heavy atom. The first-order chi connectivity index (χ1) is 9.84. The fourth-order valence-corrected chi connectivity index (χ4v) is 5.03. The fourth-order valence-electron chi connectivity index (χ4n) is 5.03. The predicted octanol–water partition coefficient (Wildman–Crippen LogP) is 4.73. The van der Waals surface area contributed by atoms with Crippen molar-refractivity contribution in [3.05, 3.63) is 35.4 Å². The fraction of sp³-hybridized carbons (Fsp3) is 0.700. The maximum absolute atomic E-state index is 3.98. The molecule has 1 N–H and O–H groups in total. The Kier molecular flexibility index (Phi) is 3.68. The van der Waals surface area contributed by atoms with Crippen LogP contribution in [-0.4, -0.2) is 12.1 Å². The average Bonchev–Trinajstić information content (AvgIpc) is 2.74. The molecule has 2 fully saturated rings. The van der Waals surface area contributed by atoms with Crippen molar-refractivity contribution < 1.29 is 0 Å². The number of nitrogens with one attached hydrogen (secondary N) is 1. The van der Waals surface area contributed by atoms with Crippen molar-refractivity contribution >= 4 is 0 Å². The molecular weight excluding hydrogens is 254 g/mol. The SMILES string of the molecule is Cc1ccccc1CC(C)NC1CC2CCC1(C)C2(C)C. The highest BCUT2D eigenvalue weighted by Gasteiger charge is 2.61. The summed E-state index contributed by atoms with van der Waals surface area (Å²) in [7, 11) is 0. The van der Waals surface area contributed by atoms with E-state index in [0.29, 0.717) is 22.9 Å². The minimum absolute atomic E-state index is 0.484. The van der Waals surface area contributed by atoms with Gasteiger partial charge < -0.3 is 5.32 Å². The van der Waals surface area contributed by atoms with Gasteiger partial charge in [-0.3, -0.25) is 0 Å². The van der Waals surface area contributed by atoms with Crippen LogP contribution in [0.2, 0.25) is 0 Å². The molecule has 2 aliphatic rings. The molecule has 1 aromatic carbocycles. The molecule has 0 heterocycles.